The average Bonchev–Trinajstić information content (AvgIpc) is 2.04. The van der Waals surface area contributed by atoms with Crippen LogP contribution in [0.3, 0.4) is 0 Å². The molecule has 0 spiro atoms. The maximum Gasteiger partial charge on any atom is 0.282 e. The van der Waals surface area contributed by atoms with Crippen LogP contribution in [0.5, 0.6) is 0 Å². The van der Waals surface area contributed by atoms with E-state index >= 15 is 0 Å². The highest BCUT2D eigenvalue weighted by atomic mass is 16.6. The van der Waals surface area contributed by atoms with Crippen molar-refractivity contribution in [3.63, 3.8) is 0 Å². The first-order valence-corrected chi connectivity index (χ1v) is 3.65. The molecule has 0 aromatic rings. The third-order valence-electron chi connectivity index (χ3n) is 1.81. The van der Waals surface area contributed by atoms with Crippen molar-refractivity contribution in [1.82, 2.24) is 0 Å². The molecule has 0 atom stereocenters. The Morgan fingerprint density at radius 3 is 2.92 bits per heavy atom. The molecule has 0 saturated heterocycles. The Labute approximate surface area is 69.6 Å². The zero-order chi connectivity index (χ0) is 8.55. The number of hydrogen-bond donors (Lipinski definition) is 2. The third-order valence-corrected chi connectivity index (χ3v) is 1.81. The van der Waals surface area contributed by atoms with Crippen LogP contribution in [0.1, 0.15) is 6.42 Å². The number of aliphatic hydroxyl groups excluding tert-OH is 2. The molecule has 3 heteroatoms. The molecule has 1 aliphatic carbocycles. The predicted molar refractivity (Wildman–Crippen MR) is 43.3 cm³/mol. The molecular formula is C9H8O3. The van der Waals surface area contributed by atoms with Gasteiger partial charge in [0.1, 0.15) is 12.0 Å². The lowest BCUT2D eigenvalue weighted by atomic mass is 9.98. The molecule has 0 fully saturated rings. The predicted octanol–water partition coefficient (Wildman–Crippen LogP) is 2.07. The van der Waals surface area contributed by atoms with Gasteiger partial charge in [-0.25, -0.2) is 0 Å². The van der Waals surface area contributed by atoms with Crippen LogP contribution in [-0.4, -0.2) is 10.2 Å². The summed E-state index contributed by atoms with van der Waals surface area (Å²) in [7, 11) is 0. The molecule has 2 rings (SSSR count). The highest BCUT2D eigenvalue weighted by Gasteiger charge is 2.16. The summed E-state index contributed by atoms with van der Waals surface area (Å²) in [6.07, 6.45) is 7.10. The molecule has 0 amide bonds. The standard InChI is InChI=1S/C9H8O3/c10-8-3-1-2-6-4-9(11)12-5-7(6)8/h2-5,10-11H,1H2. The van der Waals surface area contributed by atoms with Gasteiger partial charge in [0.2, 0.25) is 0 Å². The molecule has 1 heterocycles. The van der Waals surface area contributed by atoms with Gasteiger partial charge in [0.15, 0.2) is 0 Å². The topological polar surface area (TPSA) is 49.7 Å². The van der Waals surface area contributed by atoms with Crippen LogP contribution in [0.15, 0.2) is 47.3 Å². The van der Waals surface area contributed by atoms with E-state index in [4.69, 9.17) is 9.84 Å². The van der Waals surface area contributed by atoms with Crippen molar-refractivity contribution in [3.8, 4) is 0 Å². The molecule has 0 saturated carbocycles. The second kappa shape index (κ2) is 2.44. The molecule has 0 unspecified atom stereocenters. The van der Waals surface area contributed by atoms with Crippen LogP contribution < -0.4 is 0 Å². The maximum absolute atomic E-state index is 9.35. The van der Waals surface area contributed by atoms with Crippen molar-refractivity contribution in [2.45, 2.75) is 6.42 Å². The van der Waals surface area contributed by atoms with Crippen molar-refractivity contribution in [2.24, 2.45) is 0 Å². The summed E-state index contributed by atoms with van der Waals surface area (Å²) in [5.74, 6) is 0.0657. The van der Waals surface area contributed by atoms with E-state index < -0.39 is 0 Å². The second-order valence-corrected chi connectivity index (χ2v) is 2.62. The lowest BCUT2D eigenvalue weighted by molar-refractivity contribution is 0.162. The van der Waals surface area contributed by atoms with E-state index in [1.165, 1.54) is 12.3 Å². The van der Waals surface area contributed by atoms with Gasteiger partial charge >= 0.3 is 0 Å². The molecule has 1 aliphatic heterocycles. The summed E-state index contributed by atoms with van der Waals surface area (Å²) >= 11 is 0. The molecule has 0 aromatic heterocycles. The van der Waals surface area contributed by atoms with Crippen LogP contribution in [0.4, 0.5) is 0 Å². The first kappa shape index (κ1) is 7.03. The van der Waals surface area contributed by atoms with Crippen LogP contribution in [-0.2, 0) is 4.74 Å². The normalized spacial score (nSPS) is 21.0. The lowest BCUT2D eigenvalue weighted by Crippen LogP contribution is -2.03. The number of aliphatic hydroxyl groups is 2. The van der Waals surface area contributed by atoms with Gasteiger partial charge in [0, 0.05) is 6.08 Å². The van der Waals surface area contributed by atoms with E-state index in [2.05, 4.69) is 0 Å². The van der Waals surface area contributed by atoms with E-state index in [0.717, 1.165) is 5.57 Å². The van der Waals surface area contributed by atoms with E-state index in [1.54, 1.807) is 6.08 Å². The largest absolute Gasteiger partial charge is 0.508 e. The smallest absolute Gasteiger partial charge is 0.282 e. The minimum atomic E-state index is -0.139. The van der Waals surface area contributed by atoms with Crippen molar-refractivity contribution in [2.75, 3.05) is 0 Å². The van der Waals surface area contributed by atoms with Crippen molar-refractivity contribution in [3.05, 3.63) is 47.3 Å². The minimum absolute atomic E-state index is 0.139. The molecule has 3 nitrogen and oxygen atoms in total. The Bertz CT molecular complexity index is 332. The van der Waals surface area contributed by atoms with Gasteiger partial charge in [-0.05, 0) is 18.1 Å². The first-order chi connectivity index (χ1) is 5.77. The highest BCUT2D eigenvalue weighted by Crippen LogP contribution is 2.28. The number of fused-ring (bicyclic) bond motifs is 1. The van der Waals surface area contributed by atoms with Gasteiger partial charge in [-0.2, -0.15) is 0 Å². The Morgan fingerprint density at radius 1 is 1.25 bits per heavy atom. The van der Waals surface area contributed by atoms with Gasteiger partial charge < -0.3 is 14.9 Å². The number of rotatable bonds is 0. The highest BCUT2D eigenvalue weighted by molar-refractivity contribution is 5.52. The van der Waals surface area contributed by atoms with Gasteiger partial charge in [0.25, 0.3) is 5.95 Å². The summed E-state index contributed by atoms with van der Waals surface area (Å²) in [4.78, 5) is 0. The molecule has 2 N–H and O–H groups in total. The molecule has 0 radical (unpaired) electrons. The fourth-order valence-electron chi connectivity index (χ4n) is 1.22. The monoisotopic (exact) mass is 164 g/mol. The van der Waals surface area contributed by atoms with Gasteiger partial charge in [-0.15, -0.1) is 0 Å². The Balaban J connectivity index is 2.39. The molecule has 2 aliphatic rings. The number of ether oxygens (including phenoxy) is 1. The van der Waals surface area contributed by atoms with E-state index in [9.17, 15) is 5.11 Å². The van der Waals surface area contributed by atoms with E-state index in [0.29, 0.717) is 12.0 Å². The maximum atomic E-state index is 9.35. The van der Waals surface area contributed by atoms with Gasteiger partial charge in [0.05, 0.1) is 5.57 Å². The molecule has 0 bridgehead atoms. The SMILES string of the molecule is OC1=CC2=CCC=C(O)C2=CO1. The Hall–Kier alpha value is -1.64. The lowest BCUT2D eigenvalue weighted by Gasteiger charge is -2.16. The number of hydrogen-bond acceptors (Lipinski definition) is 3. The fraction of sp³-hybridized carbons (Fsp3) is 0.111. The summed E-state index contributed by atoms with van der Waals surface area (Å²) in [6, 6.07) is 0. The molecular weight excluding hydrogens is 156 g/mol. The van der Waals surface area contributed by atoms with Crippen LogP contribution in [0.25, 0.3) is 0 Å². The van der Waals surface area contributed by atoms with Crippen molar-refractivity contribution < 1.29 is 14.9 Å². The molecule has 0 aromatic carbocycles. The van der Waals surface area contributed by atoms with Gasteiger partial charge in [-0.1, -0.05) is 6.08 Å². The quantitative estimate of drug-likeness (QED) is 0.576. The molecule has 62 valence electrons. The first-order valence-electron chi connectivity index (χ1n) is 3.65. The average molecular weight is 164 g/mol. The Kier molecular flexibility index (Phi) is 1.43. The van der Waals surface area contributed by atoms with Crippen LogP contribution >= 0.6 is 0 Å². The molecule has 12 heavy (non-hydrogen) atoms. The zero-order valence-electron chi connectivity index (χ0n) is 6.32. The second-order valence-electron chi connectivity index (χ2n) is 2.62. The minimum Gasteiger partial charge on any atom is -0.508 e. The summed E-state index contributed by atoms with van der Waals surface area (Å²) in [5, 5.41) is 18.3. The summed E-state index contributed by atoms with van der Waals surface area (Å²) in [5.41, 5.74) is 1.43. The third kappa shape index (κ3) is 0.993. The summed E-state index contributed by atoms with van der Waals surface area (Å²) in [6.45, 7) is 0. The Morgan fingerprint density at radius 2 is 2.08 bits per heavy atom. The van der Waals surface area contributed by atoms with Crippen LogP contribution in [0.2, 0.25) is 0 Å². The fourth-order valence-corrected chi connectivity index (χ4v) is 1.22. The van der Waals surface area contributed by atoms with Gasteiger partial charge in [-0.3, -0.25) is 0 Å². The zero-order valence-corrected chi connectivity index (χ0v) is 6.32. The number of allylic oxidation sites excluding steroid dienone is 4. The van der Waals surface area contributed by atoms with Crippen molar-refractivity contribution in [1.29, 1.82) is 0 Å². The van der Waals surface area contributed by atoms with Crippen LogP contribution in [0, 0.1) is 0 Å². The van der Waals surface area contributed by atoms with Crippen molar-refractivity contribution >= 4 is 0 Å². The summed E-state index contributed by atoms with van der Waals surface area (Å²) < 4.78 is 4.73. The van der Waals surface area contributed by atoms with E-state index in [-0.39, 0.29) is 11.7 Å². The van der Waals surface area contributed by atoms with E-state index in [1.807, 2.05) is 6.08 Å².